The molecule has 3 aromatic rings. The number of benzene rings is 2. The molecule has 0 radical (unpaired) electrons. The quantitative estimate of drug-likeness (QED) is 0.628. The molecule has 28 heavy (non-hydrogen) atoms. The number of hydrogen-bond donors (Lipinski definition) is 1. The van der Waals surface area contributed by atoms with Crippen molar-refractivity contribution in [2.75, 3.05) is 13.1 Å². The van der Waals surface area contributed by atoms with E-state index in [1.807, 2.05) is 25.1 Å². The van der Waals surface area contributed by atoms with Gasteiger partial charge in [0.15, 0.2) is 0 Å². The standard InChI is InChI=1S/C21H20Cl2N2O2S/c1-11-24-18-8-14(2-3-20(18)28-11)27-21-16-6-12(22)7-17(23)15(16)9-19(21)25-5-4-13(26)10-25/h2-3,6-8,13,19,21,26H,4-5,9-10H2,1H3/t13?,19-,21-/m0/s1. The largest absolute Gasteiger partial charge is 0.484 e. The van der Waals surface area contributed by atoms with E-state index in [1.54, 1.807) is 17.4 Å². The SMILES string of the molecule is Cc1nc2cc(O[C@H]3c4cc(Cl)cc(Cl)c4C[C@@H]3N3CCC(O)C3)ccc2s1. The van der Waals surface area contributed by atoms with Crippen LogP contribution < -0.4 is 4.74 Å². The second kappa shape index (κ2) is 7.15. The highest BCUT2D eigenvalue weighted by molar-refractivity contribution is 7.18. The first-order chi connectivity index (χ1) is 13.5. The van der Waals surface area contributed by atoms with Crippen molar-refractivity contribution >= 4 is 44.8 Å². The fourth-order valence-electron chi connectivity index (χ4n) is 4.39. The molecule has 146 valence electrons. The van der Waals surface area contributed by atoms with Crippen LogP contribution in [0.2, 0.25) is 10.0 Å². The molecule has 3 atom stereocenters. The number of rotatable bonds is 3. The highest BCUT2D eigenvalue weighted by Crippen LogP contribution is 2.43. The van der Waals surface area contributed by atoms with Crippen LogP contribution in [0.5, 0.6) is 5.75 Å². The van der Waals surface area contributed by atoms with Crippen LogP contribution in [0.25, 0.3) is 10.2 Å². The first-order valence-corrected chi connectivity index (χ1v) is 11.0. The average Bonchev–Trinajstić information content (AvgIpc) is 3.32. The van der Waals surface area contributed by atoms with Gasteiger partial charge in [-0.15, -0.1) is 11.3 Å². The summed E-state index contributed by atoms with van der Waals surface area (Å²) in [6.45, 7) is 3.53. The zero-order valence-corrected chi connectivity index (χ0v) is 17.7. The van der Waals surface area contributed by atoms with Crippen molar-refractivity contribution in [3.05, 3.63) is 56.5 Å². The first-order valence-electron chi connectivity index (χ1n) is 9.42. The molecule has 0 saturated carbocycles. The number of hydrogen-bond acceptors (Lipinski definition) is 5. The van der Waals surface area contributed by atoms with Crippen LogP contribution in [0.4, 0.5) is 0 Å². The van der Waals surface area contributed by atoms with Crippen LogP contribution >= 0.6 is 34.5 Å². The van der Waals surface area contributed by atoms with Gasteiger partial charge in [-0.3, -0.25) is 4.90 Å². The molecule has 1 aliphatic heterocycles. The van der Waals surface area contributed by atoms with E-state index in [0.29, 0.717) is 16.6 Å². The summed E-state index contributed by atoms with van der Waals surface area (Å²) in [6.07, 6.45) is 1.12. The lowest BCUT2D eigenvalue weighted by Gasteiger charge is -2.30. The molecule has 2 heterocycles. The molecule has 1 saturated heterocycles. The minimum Gasteiger partial charge on any atom is -0.484 e. The number of aliphatic hydroxyl groups excluding tert-OH is 1. The number of halogens is 2. The predicted molar refractivity (Wildman–Crippen MR) is 114 cm³/mol. The number of thiazole rings is 1. The number of fused-ring (bicyclic) bond motifs is 2. The normalized spacial score (nSPS) is 24.8. The number of ether oxygens (including phenoxy) is 1. The Kier molecular flexibility index (Phi) is 4.76. The summed E-state index contributed by atoms with van der Waals surface area (Å²) < 4.78 is 7.67. The van der Waals surface area contributed by atoms with E-state index in [9.17, 15) is 5.11 Å². The molecule has 2 aliphatic rings. The Morgan fingerprint density at radius 3 is 2.89 bits per heavy atom. The highest BCUT2D eigenvalue weighted by atomic mass is 35.5. The Balaban J connectivity index is 1.52. The highest BCUT2D eigenvalue weighted by Gasteiger charge is 2.41. The van der Waals surface area contributed by atoms with Crippen molar-refractivity contribution in [1.29, 1.82) is 0 Å². The van der Waals surface area contributed by atoms with Crippen molar-refractivity contribution in [3.63, 3.8) is 0 Å². The van der Waals surface area contributed by atoms with Gasteiger partial charge in [-0.05, 0) is 49.6 Å². The van der Waals surface area contributed by atoms with Gasteiger partial charge in [0.1, 0.15) is 11.9 Å². The second-order valence-electron chi connectivity index (χ2n) is 7.57. The van der Waals surface area contributed by atoms with Crippen molar-refractivity contribution in [2.45, 2.75) is 38.0 Å². The second-order valence-corrected chi connectivity index (χ2v) is 9.64. The summed E-state index contributed by atoms with van der Waals surface area (Å²) in [5, 5.41) is 12.4. The third-order valence-electron chi connectivity index (χ3n) is 5.66. The van der Waals surface area contributed by atoms with Gasteiger partial charge in [0, 0.05) is 34.8 Å². The van der Waals surface area contributed by atoms with Gasteiger partial charge in [0.2, 0.25) is 0 Å². The number of nitrogens with zero attached hydrogens (tertiary/aromatic N) is 2. The molecule has 2 aromatic carbocycles. The molecule has 5 rings (SSSR count). The third-order valence-corrected chi connectivity index (χ3v) is 7.16. The van der Waals surface area contributed by atoms with Gasteiger partial charge in [-0.2, -0.15) is 0 Å². The number of likely N-dealkylation sites (tertiary alicyclic amines) is 1. The van der Waals surface area contributed by atoms with E-state index in [-0.39, 0.29) is 18.2 Å². The minimum absolute atomic E-state index is 0.121. The molecule has 1 N–H and O–H groups in total. The van der Waals surface area contributed by atoms with Crippen molar-refractivity contribution in [2.24, 2.45) is 0 Å². The molecular formula is C21H20Cl2N2O2S. The average molecular weight is 435 g/mol. The summed E-state index contributed by atoms with van der Waals surface area (Å²) >= 11 is 14.5. The Bertz CT molecular complexity index is 1050. The van der Waals surface area contributed by atoms with E-state index in [0.717, 1.165) is 51.5 Å². The topological polar surface area (TPSA) is 45.6 Å². The van der Waals surface area contributed by atoms with Crippen LogP contribution in [0.1, 0.15) is 28.7 Å². The van der Waals surface area contributed by atoms with Gasteiger partial charge in [0.05, 0.1) is 27.4 Å². The zero-order valence-electron chi connectivity index (χ0n) is 15.4. The minimum atomic E-state index is -0.280. The summed E-state index contributed by atoms with van der Waals surface area (Å²) in [5.41, 5.74) is 3.09. The summed E-state index contributed by atoms with van der Waals surface area (Å²) in [6, 6.07) is 9.94. The smallest absolute Gasteiger partial charge is 0.140 e. The van der Waals surface area contributed by atoms with Gasteiger partial charge in [0.25, 0.3) is 0 Å². The van der Waals surface area contributed by atoms with E-state index < -0.39 is 0 Å². The van der Waals surface area contributed by atoms with E-state index in [1.165, 1.54) is 0 Å². The molecular weight excluding hydrogens is 415 g/mol. The van der Waals surface area contributed by atoms with Crippen molar-refractivity contribution < 1.29 is 9.84 Å². The maximum atomic E-state index is 10.0. The number of aliphatic hydroxyl groups is 1. The fraction of sp³-hybridized carbons (Fsp3) is 0.381. The number of β-amino-alcohol motifs (C(OH)–C–C–N with tert-alkyl or cyclic N) is 1. The summed E-state index contributed by atoms with van der Waals surface area (Å²) in [5.74, 6) is 0.788. The molecule has 7 heteroatoms. The monoisotopic (exact) mass is 434 g/mol. The number of aromatic nitrogens is 1. The fourth-order valence-corrected chi connectivity index (χ4v) is 5.78. The maximum Gasteiger partial charge on any atom is 0.140 e. The van der Waals surface area contributed by atoms with Crippen LogP contribution in [0.15, 0.2) is 30.3 Å². The lowest BCUT2D eigenvalue weighted by Crippen LogP contribution is -2.39. The van der Waals surface area contributed by atoms with E-state index >= 15 is 0 Å². The molecule has 0 amide bonds. The number of aryl methyl sites for hydroxylation is 1. The van der Waals surface area contributed by atoms with E-state index in [4.69, 9.17) is 27.9 Å². The lowest BCUT2D eigenvalue weighted by molar-refractivity contribution is 0.0819. The predicted octanol–water partition coefficient (Wildman–Crippen LogP) is 5.02. The zero-order chi connectivity index (χ0) is 19.4. The molecule has 1 aromatic heterocycles. The van der Waals surface area contributed by atoms with Crippen molar-refractivity contribution in [3.8, 4) is 5.75 Å². The Morgan fingerprint density at radius 1 is 1.25 bits per heavy atom. The van der Waals surface area contributed by atoms with Crippen LogP contribution in [0.3, 0.4) is 0 Å². The Morgan fingerprint density at radius 2 is 2.11 bits per heavy atom. The van der Waals surface area contributed by atoms with Gasteiger partial charge < -0.3 is 9.84 Å². The van der Waals surface area contributed by atoms with E-state index in [2.05, 4.69) is 16.0 Å². The van der Waals surface area contributed by atoms with Gasteiger partial charge in [-0.25, -0.2) is 4.98 Å². The first kappa shape index (κ1) is 18.6. The summed E-state index contributed by atoms with van der Waals surface area (Å²) in [4.78, 5) is 6.89. The van der Waals surface area contributed by atoms with Crippen molar-refractivity contribution in [1.82, 2.24) is 9.88 Å². The summed E-state index contributed by atoms with van der Waals surface area (Å²) in [7, 11) is 0. The van der Waals surface area contributed by atoms with Gasteiger partial charge >= 0.3 is 0 Å². The maximum absolute atomic E-state index is 10.0. The molecule has 0 bridgehead atoms. The molecule has 1 unspecified atom stereocenters. The molecule has 1 aliphatic carbocycles. The lowest BCUT2D eigenvalue weighted by atomic mass is 10.1. The van der Waals surface area contributed by atoms with Crippen LogP contribution in [-0.4, -0.2) is 40.2 Å². The molecule has 0 spiro atoms. The van der Waals surface area contributed by atoms with Gasteiger partial charge in [-0.1, -0.05) is 23.2 Å². The Hall–Kier alpha value is -1.37. The Labute approximate surface area is 177 Å². The third kappa shape index (κ3) is 3.29. The van der Waals surface area contributed by atoms with Crippen LogP contribution in [-0.2, 0) is 6.42 Å². The van der Waals surface area contributed by atoms with Crippen LogP contribution in [0, 0.1) is 6.92 Å². The molecule has 4 nitrogen and oxygen atoms in total. The molecule has 1 fully saturated rings.